The topological polar surface area (TPSA) is 58.9 Å². The van der Waals surface area contributed by atoms with Crippen LogP contribution in [0.5, 0.6) is 0 Å². The summed E-state index contributed by atoms with van der Waals surface area (Å²) in [5.41, 5.74) is 1.74. The number of rotatable bonds is 3. The third kappa shape index (κ3) is 2.77. The van der Waals surface area contributed by atoms with Gasteiger partial charge in [0.25, 0.3) is 0 Å². The second-order valence-electron chi connectivity index (χ2n) is 3.25. The van der Waals surface area contributed by atoms with E-state index < -0.39 is 0 Å². The van der Waals surface area contributed by atoms with Crippen molar-refractivity contribution in [2.75, 3.05) is 0 Å². The second-order valence-corrected chi connectivity index (χ2v) is 4.23. The van der Waals surface area contributed by atoms with E-state index in [1.807, 2.05) is 25.1 Å². The van der Waals surface area contributed by atoms with Crippen LogP contribution in [0.25, 0.3) is 0 Å². The highest BCUT2D eigenvalue weighted by Gasteiger charge is 2.01. The second kappa shape index (κ2) is 5.05. The summed E-state index contributed by atoms with van der Waals surface area (Å²) in [5, 5.41) is 10.4. The fraction of sp³-hybridized carbons (Fsp3) is 0.182. The summed E-state index contributed by atoms with van der Waals surface area (Å²) in [6.45, 7) is 1.94. The molecule has 0 aliphatic carbocycles. The lowest BCUT2D eigenvalue weighted by molar-refractivity contribution is 0.281. The number of hydrogen-bond acceptors (Lipinski definition) is 5. The maximum atomic E-state index is 8.88. The standard InChI is InChI=1S/C11H11N3OS/c1-8-4-5-12-11(14-8)16-10-3-2-9(7-15)6-13-10/h2-6,15H,7H2,1H3. The Morgan fingerprint density at radius 2 is 2.12 bits per heavy atom. The largest absolute Gasteiger partial charge is 0.392 e. The summed E-state index contributed by atoms with van der Waals surface area (Å²) in [5.74, 6) is 0. The van der Waals surface area contributed by atoms with Crippen molar-refractivity contribution in [2.24, 2.45) is 0 Å². The Labute approximate surface area is 97.8 Å². The van der Waals surface area contributed by atoms with E-state index in [-0.39, 0.29) is 6.61 Å². The summed E-state index contributed by atoms with van der Waals surface area (Å²) < 4.78 is 0. The monoisotopic (exact) mass is 233 g/mol. The molecule has 0 spiro atoms. The average Bonchev–Trinajstić information content (AvgIpc) is 2.30. The smallest absolute Gasteiger partial charge is 0.194 e. The Bertz CT molecular complexity index is 473. The van der Waals surface area contributed by atoms with Crippen LogP contribution in [0.15, 0.2) is 40.8 Å². The summed E-state index contributed by atoms with van der Waals surface area (Å²) in [7, 11) is 0. The molecule has 16 heavy (non-hydrogen) atoms. The van der Waals surface area contributed by atoms with Crippen LogP contribution in [0.4, 0.5) is 0 Å². The van der Waals surface area contributed by atoms with Crippen LogP contribution in [-0.4, -0.2) is 20.1 Å². The molecule has 0 aliphatic heterocycles. The zero-order valence-corrected chi connectivity index (χ0v) is 9.61. The number of aryl methyl sites for hydroxylation is 1. The predicted octanol–water partition coefficient (Wildman–Crippen LogP) is 1.82. The van der Waals surface area contributed by atoms with E-state index in [0.29, 0.717) is 5.16 Å². The molecule has 82 valence electrons. The third-order valence-electron chi connectivity index (χ3n) is 1.95. The minimum Gasteiger partial charge on any atom is -0.392 e. The molecule has 0 aliphatic rings. The number of aliphatic hydroxyl groups excluding tert-OH is 1. The average molecular weight is 233 g/mol. The van der Waals surface area contributed by atoms with Crippen LogP contribution < -0.4 is 0 Å². The van der Waals surface area contributed by atoms with Gasteiger partial charge in [0.1, 0.15) is 5.03 Å². The van der Waals surface area contributed by atoms with Crippen molar-refractivity contribution in [1.82, 2.24) is 15.0 Å². The summed E-state index contributed by atoms with van der Waals surface area (Å²) in [6, 6.07) is 5.54. The van der Waals surface area contributed by atoms with Gasteiger partial charge in [-0.3, -0.25) is 0 Å². The van der Waals surface area contributed by atoms with E-state index in [1.165, 1.54) is 11.8 Å². The minimum atomic E-state index is 0.0128. The fourth-order valence-electron chi connectivity index (χ4n) is 1.13. The molecule has 2 aromatic rings. The van der Waals surface area contributed by atoms with Gasteiger partial charge in [0.15, 0.2) is 5.16 Å². The van der Waals surface area contributed by atoms with E-state index >= 15 is 0 Å². The van der Waals surface area contributed by atoms with E-state index in [0.717, 1.165) is 16.3 Å². The molecular weight excluding hydrogens is 222 g/mol. The van der Waals surface area contributed by atoms with E-state index in [4.69, 9.17) is 5.11 Å². The molecule has 0 radical (unpaired) electrons. The number of nitrogens with zero attached hydrogens (tertiary/aromatic N) is 3. The maximum Gasteiger partial charge on any atom is 0.194 e. The third-order valence-corrected chi connectivity index (χ3v) is 2.78. The molecule has 0 saturated heterocycles. The molecule has 0 unspecified atom stereocenters. The Balaban J connectivity index is 2.14. The molecule has 0 saturated carbocycles. The molecule has 5 heteroatoms. The lowest BCUT2D eigenvalue weighted by Crippen LogP contribution is -1.90. The number of aliphatic hydroxyl groups is 1. The van der Waals surface area contributed by atoms with Crippen LogP contribution >= 0.6 is 11.8 Å². The Morgan fingerprint density at radius 3 is 2.75 bits per heavy atom. The molecule has 0 aromatic carbocycles. The molecule has 0 amide bonds. The first-order valence-corrected chi connectivity index (χ1v) is 5.63. The molecule has 2 rings (SSSR count). The Morgan fingerprint density at radius 1 is 1.25 bits per heavy atom. The summed E-state index contributed by atoms with van der Waals surface area (Å²) in [4.78, 5) is 12.6. The summed E-state index contributed by atoms with van der Waals surface area (Å²) >= 11 is 1.41. The highest BCUT2D eigenvalue weighted by atomic mass is 32.2. The van der Waals surface area contributed by atoms with Gasteiger partial charge in [-0.05, 0) is 36.4 Å². The molecule has 0 fully saturated rings. The van der Waals surface area contributed by atoms with Gasteiger partial charge in [-0.25, -0.2) is 15.0 Å². The van der Waals surface area contributed by atoms with Crippen LogP contribution in [0.2, 0.25) is 0 Å². The van der Waals surface area contributed by atoms with Crippen LogP contribution in [-0.2, 0) is 6.61 Å². The first-order chi connectivity index (χ1) is 7.78. The van der Waals surface area contributed by atoms with Gasteiger partial charge < -0.3 is 5.11 Å². The lowest BCUT2D eigenvalue weighted by atomic mass is 10.3. The van der Waals surface area contributed by atoms with Gasteiger partial charge in [-0.2, -0.15) is 0 Å². The first kappa shape index (κ1) is 11.0. The van der Waals surface area contributed by atoms with Crippen molar-refractivity contribution in [1.29, 1.82) is 0 Å². The molecule has 2 heterocycles. The van der Waals surface area contributed by atoms with Gasteiger partial charge in [-0.1, -0.05) is 6.07 Å². The van der Waals surface area contributed by atoms with Gasteiger partial charge in [0.2, 0.25) is 0 Å². The highest BCUT2D eigenvalue weighted by molar-refractivity contribution is 7.99. The highest BCUT2D eigenvalue weighted by Crippen LogP contribution is 2.22. The zero-order valence-electron chi connectivity index (χ0n) is 8.79. The first-order valence-electron chi connectivity index (χ1n) is 4.81. The normalized spacial score (nSPS) is 10.4. The fourth-order valence-corrected chi connectivity index (χ4v) is 1.87. The molecule has 0 bridgehead atoms. The van der Waals surface area contributed by atoms with Crippen molar-refractivity contribution in [3.8, 4) is 0 Å². The van der Waals surface area contributed by atoms with Crippen molar-refractivity contribution < 1.29 is 5.11 Å². The summed E-state index contributed by atoms with van der Waals surface area (Å²) in [6.07, 6.45) is 3.38. The Kier molecular flexibility index (Phi) is 3.48. The molecule has 1 N–H and O–H groups in total. The Hall–Kier alpha value is -1.46. The molecule has 4 nitrogen and oxygen atoms in total. The van der Waals surface area contributed by atoms with Crippen LogP contribution in [0, 0.1) is 6.92 Å². The molecule has 0 atom stereocenters. The predicted molar refractivity (Wildman–Crippen MR) is 61.1 cm³/mol. The molecular formula is C11H11N3OS. The quantitative estimate of drug-likeness (QED) is 0.819. The lowest BCUT2D eigenvalue weighted by Gasteiger charge is -2.00. The van der Waals surface area contributed by atoms with Gasteiger partial charge in [-0.15, -0.1) is 0 Å². The SMILES string of the molecule is Cc1ccnc(Sc2ccc(CO)cn2)n1. The molecule has 2 aromatic heterocycles. The van der Waals surface area contributed by atoms with Gasteiger partial charge in [0.05, 0.1) is 6.61 Å². The van der Waals surface area contributed by atoms with E-state index in [2.05, 4.69) is 15.0 Å². The van der Waals surface area contributed by atoms with Crippen LogP contribution in [0.1, 0.15) is 11.3 Å². The van der Waals surface area contributed by atoms with Gasteiger partial charge >= 0.3 is 0 Å². The number of pyridine rings is 1. The number of aromatic nitrogens is 3. The van der Waals surface area contributed by atoms with Crippen molar-refractivity contribution >= 4 is 11.8 Å². The van der Waals surface area contributed by atoms with Crippen molar-refractivity contribution in [3.63, 3.8) is 0 Å². The minimum absolute atomic E-state index is 0.0128. The van der Waals surface area contributed by atoms with Crippen molar-refractivity contribution in [3.05, 3.63) is 41.9 Å². The van der Waals surface area contributed by atoms with E-state index in [1.54, 1.807) is 12.4 Å². The van der Waals surface area contributed by atoms with Gasteiger partial charge in [0, 0.05) is 18.1 Å². The van der Waals surface area contributed by atoms with E-state index in [9.17, 15) is 0 Å². The van der Waals surface area contributed by atoms with Crippen molar-refractivity contribution in [2.45, 2.75) is 23.7 Å². The van der Waals surface area contributed by atoms with Crippen LogP contribution in [0.3, 0.4) is 0 Å². The maximum absolute atomic E-state index is 8.88. The number of hydrogen-bond donors (Lipinski definition) is 1. The zero-order chi connectivity index (χ0) is 11.4.